The Balaban J connectivity index is 2.75. The van der Waals surface area contributed by atoms with Crippen LogP contribution in [0.5, 0.6) is 17.2 Å². The smallest absolute Gasteiger partial charge is 0.308 e. The van der Waals surface area contributed by atoms with Crippen molar-refractivity contribution >= 4 is 35.7 Å². The highest BCUT2D eigenvalue weighted by Gasteiger charge is 2.26. The number of carbonyl (C=O) groups excluding carboxylic acids is 5. The molecule has 1 rings (SSSR count). The van der Waals surface area contributed by atoms with Gasteiger partial charge in [0.2, 0.25) is 11.7 Å². The van der Waals surface area contributed by atoms with Gasteiger partial charge < -0.3 is 48.9 Å². The molecule has 0 saturated carbocycles. The van der Waals surface area contributed by atoms with Gasteiger partial charge in [0.15, 0.2) is 11.5 Å². The van der Waals surface area contributed by atoms with Crippen molar-refractivity contribution in [2.24, 2.45) is 0 Å². The molecule has 0 bridgehead atoms. The van der Waals surface area contributed by atoms with E-state index in [0.29, 0.717) is 26.4 Å². The van der Waals surface area contributed by atoms with Crippen LogP contribution in [0.4, 0.5) is 0 Å². The zero-order valence-corrected chi connectivity index (χ0v) is 25.3. The number of amides is 2. The Morgan fingerprint density at radius 1 is 0.778 bits per heavy atom. The van der Waals surface area contributed by atoms with Crippen LogP contribution < -0.4 is 24.8 Å². The van der Waals surface area contributed by atoms with Crippen molar-refractivity contribution in [1.29, 1.82) is 0 Å². The summed E-state index contributed by atoms with van der Waals surface area (Å²) in [5, 5.41) is 14.1. The third-order valence-electron chi connectivity index (χ3n) is 5.15. The number of aliphatic carboxylic acids is 1. The van der Waals surface area contributed by atoms with Crippen molar-refractivity contribution in [3.8, 4) is 29.6 Å². The monoisotopic (exact) mass is 638 g/mol. The van der Waals surface area contributed by atoms with Crippen LogP contribution in [0.15, 0.2) is 12.1 Å². The summed E-state index contributed by atoms with van der Waals surface area (Å²) in [6.07, 6.45) is 4.35. The fraction of sp³-hybridized carbons (Fsp3) is 0.517. The second-order valence-corrected chi connectivity index (χ2v) is 8.93. The average molecular weight is 639 g/mol. The van der Waals surface area contributed by atoms with E-state index in [0.717, 1.165) is 32.9 Å². The zero-order chi connectivity index (χ0) is 33.6. The molecule has 2 amide bonds. The van der Waals surface area contributed by atoms with Gasteiger partial charge in [0, 0.05) is 39.3 Å². The van der Waals surface area contributed by atoms with E-state index in [1.165, 1.54) is 0 Å². The summed E-state index contributed by atoms with van der Waals surface area (Å²) in [5.41, 5.74) is -0.252. The fourth-order valence-corrected chi connectivity index (χ4v) is 3.35. The third kappa shape index (κ3) is 17.4. The molecule has 0 fully saturated rings. The molecule has 16 nitrogen and oxygen atoms in total. The summed E-state index contributed by atoms with van der Waals surface area (Å²) in [4.78, 5) is 72.0. The topological polar surface area (TPSA) is 211 Å². The summed E-state index contributed by atoms with van der Waals surface area (Å²) >= 11 is 0. The summed E-state index contributed by atoms with van der Waals surface area (Å²) < 4.78 is 36.2. The molecule has 0 radical (unpaired) electrons. The van der Waals surface area contributed by atoms with E-state index >= 15 is 0 Å². The molecule has 248 valence electrons. The van der Waals surface area contributed by atoms with Crippen molar-refractivity contribution < 1.29 is 67.0 Å². The molecule has 45 heavy (non-hydrogen) atoms. The van der Waals surface area contributed by atoms with E-state index in [1.807, 2.05) is 0 Å². The van der Waals surface area contributed by atoms with Crippen LogP contribution in [0.3, 0.4) is 0 Å². The Kier molecular flexibility index (Phi) is 18.8. The number of carbonyl (C=O) groups is 6. The standard InChI is InChI=1S/C29H38N2O14/c1-5-9-39-11-13-41-15-16-42-14-12-40-10-8-30-29(38)23(6-7-26(35)36)31-28(37)22-17-24(43-19(2)32)27(45-21(4)34)25(18-22)44-20(3)33/h1,17-18,23H,6-16H2,2-4H3,(H,30,38)(H,31,37)(H,35,36)/t23-/m0/s1. The molecule has 0 aliphatic rings. The van der Waals surface area contributed by atoms with Gasteiger partial charge >= 0.3 is 23.9 Å². The molecule has 0 aliphatic heterocycles. The van der Waals surface area contributed by atoms with E-state index < -0.39 is 65.4 Å². The Bertz CT molecular complexity index is 1170. The second-order valence-electron chi connectivity index (χ2n) is 8.93. The number of nitrogens with one attached hydrogen (secondary N) is 2. The number of benzene rings is 1. The lowest BCUT2D eigenvalue weighted by Crippen LogP contribution is -2.47. The molecule has 1 aromatic rings. The zero-order valence-electron chi connectivity index (χ0n) is 25.3. The highest BCUT2D eigenvalue weighted by molar-refractivity contribution is 5.99. The summed E-state index contributed by atoms with van der Waals surface area (Å²) in [5.74, 6) is -4.21. The second kappa shape index (κ2) is 22.0. The Morgan fingerprint density at radius 3 is 1.73 bits per heavy atom. The maximum absolute atomic E-state index is 13.1. The first-order valence-corrected chi connectivity index (χ1v) is 13.7. The van der Waals surface area contributed by atoms with Crippen molar-refractivity contribution in [3.63, 3.8) is 0 Å². The van der Waals surface area contributed by atoms with E-state index in [9.17, 15) is 28.8 Å². The lowest BCUT2D eigenvalue weighted by molar-refractivity contribution is -0.137. The van der Waals surface area contributed by atoms with Gasteiger partial charge in [-0.05, 0) is 18.6 Å². The van der Waals surface area contributed by atoms with Gasteiger partial charge in [0.25, 0.3) is 5.91 Å². The molecule has 0 heterocycles. The third-order valence-corrected chi connectivity index (χ3v) is 5.15. The number of ether oxygens (including phenoxy) is 7. The summed E-state index contributed by atoms with van der Waals surface area (Å²) in [6, 6.07) is 0.772. The van der Waals surface area contributed by atoms with Gasteiger partial charge in [-0.2, -0.15) is 0 Å². The van der Waals surface area contributed by atoms with Gasteiger partial charge in [-0.15, -0.1) is 6.42 Å². The molecule has 3 N–H and O–H groups in total. The van der Waals surface area contributed by atoms with Crippen molar-refractivity contribution in [2.45, 2.75) is 39.7 Å². The number of carboxylic acid groups (broad SMARTS) is 1. The van der Waals surface area contributed by atoms with E-state index in [-0.39, 0.29) is 45.0 Å². The Hall–Kier alpha value is -4.56. The highest BCUT2D eigenvalue weighted by atomic mass is 16.6. The van der Waals surface area contributed by atoms with E-state index in [4.69, 9.17) is 44.7 Å². The van der Waals surface area contributed by atoms with Crippen LogP contribution in [0.25, 0.3) is 0 Å². The Labute approximate surface area is 259 Å². The van der Waals surface area contributed by atoms with Crippen molar-refractivity contribution in [1.82, 2.24) is 10.6 Å². The van der Waals surface area contributed by atoms with Crippen LogP contribution in [0, 0.1) is 12.3 Å². The molecular weight excluding hydrogens is 600 g/mol. The number of esters is 3. The van der Waals surface area contributed by atoms with Gasteiger partial charge in [0.05, 0.1) is 46.2 Å². The molecule has 0 aliphatic carbocycles. The maximum atomic E-state index is 13.1. The number of hydrogen-bond acceptors (Lipinski definition) is 13. The van der Waals surface area contributed by atoms with Crippen LogP contribution in [0.1, 0.15) is 44.0 Å². The molecule has 1 aromatic carbocycles. The number of rotatable bonds is 22. The minimum atomic E-state index is -1.30. The van der Waals surface area contributed by atoms with Crippen LogP contribution in [0.2, 0.25) is 0 Å². The highest BCUT2D eigenvalue weighted by Crippen LogP contribution is 2.39. The van der Waals surface area contributed by atoms with Gasteiger partial charge in [-0.1, -0.05) is 5.92 Å². The van der Waals surface area contributed by atoms with Crippen LogP contribution in [-0.2, 0) is 42.9 Å². The van der Waals surface area contributed by atoms with Crippen LogP contribution in [-0.4, -0.2) is 106 Å². The molecule has 0 saturated heterocycles. The number of carboxylic acids is 1. The predicted molar refractivity (Wildman–Crippen MR) is 154 cm³/mol. The molecule has 16 heteroatoms. The molecular formula is C29H38N2O14. The van der Waals surface area contributed by atoms with Gasteiger partial charge in [0.1, 0.15) is 12.6 Å². The minimum Gasteiger partial charge on any atom is -0.481 e. The molecule has 0 aromatic heterocycles. The van der Waals surface area contributed by atoms with Crippen molar-refractivity contribution in [2.75, 3.05) is 59.4 Å². The van der Waals surface area contributed by atoms with E-state index in [1.54, 1.807) is 0 Å². The summed E-state index contributed by atoms with van der Waals surface area (Å²) in [6.45, 7) is 5.54. The van der Waals surface area contributed by atoms with E-state index in [2.05, 4.69) is 16.6 Å². The van der Waals surface area contributed by atoms with Gasteiger partial charge in [-0.25, -0.2) is 0 Å². The van der Waals surface area contributed by atoms with Crippen LogP contribution >= 0.6 is 0 Å². The lowest BCUT2D eigenvalue weighted by Gasteiger charge is -2.19. The SMILES string of the molecule is C#CCOCCOCCOCCOCCNC(=O)[C@H](CCC(=O)O)NC(=O)c1cc(OC(C)=O)c(OC(C)=O)c(OC(C)=O)c1. The predicted octanol–water partition coefficient (Wildman–Crippen LogP) is 0.242. The fourth-order valence-electron chi connectivity index (χ4n) is 3.35. The minimum absolute atomic E-state index is 0.0450. The quantitative estimate of drug-likeness (QED) is 0.0672. The average Bonchev–Trinajstić information content (AvgIpc) is 2.95. The number of hydrogen-bond donors (Lipinski definition) is 3. The first-order chi connectivity index (χ1) is 21.4. The Morgan fingerprint density at radius 2 is 1.27 bits per heavy atom. The number of terminal acetylenes is 1. The summed E-state index contributed by atoms with van der Waals surface area (Å²) in [7, 11) is 0. The lowest BCUT2D eigenvalue weighted by atomic mass is 10.1. The molecule has 0 spiro atoms. The first-order valence-electron chi connectivity index (χ1n) is 13.7. The van der Waals surface area contributed by atoms with Gasteiger partial charge in [-0.3, -0.25) is 28.8 Å². The first kappa shape index (κ1) is 38.5. The largest absolute Gasteiger partial charge is 0.481 e. The normalized spacial score (nSPS) is 11.1. The van der Waals surface area contributed by atoms with Crippen molar-refractivity contribution in [3.05, 3.63) is 17.7 Å². The maximum Gasteiger partial charge on any atom is 0.308 e. The molecule has 0 unspecified atom stereocenters. The molecule has 1 atom stereocenters.